The Kier molecular flexibility index (Phi) is 6.99. The van der Waals surface area contributed by atoms with Crippen LogP contribution in [0.15, 0.2) is 24.0 Å². The first-order chi connectivity index (χ1) is 6.61. The van der Waals surface area contributed by atoms with Gasteiger partial charge in [0.15, 0.2) is 0 Å². The summed E-state index contributed by atoms with van der Waals surface area (Å²) in [6, 6.07) is 0.558. The average molecular weight is 196 g/mol. The average Bonchev–Trinajstić information content (AvgIpc) is 2.14. The minimum absolute atomic E-state index is 0.558. The van der Waals surface area contributed by atoms with Crippen molar-refractivity contribution in [1.82, 2.24) is 5.32 Å². The Labute approximate surface area is 88.3 Å². The summed E-state index contributed by atoms with van der Waals surface area (Å²) >= 11 is 0. The molecule has 0 aromatic carbocycles. The van der Waals surface area contributed by atoms with E-state index in [-0.39, 0.29) is 0 Å². The van der Waals surface area contributed by atoms with Crippen molar-refractivity contribution in [3.63, 3.8) is 0 Å². The van der Waals surface area contributed by atoms with Crippen molar-refractivity contribution in [3.05, 3.63) is 24.0 Å². The molecule has 2 nitrogen and oxygen atoms in total. The maximum absolute atomic E-state index is 5.76. The van der Waals surface area contributed by atoms with Gasteiger partial charge in [0.25, 0.3) is 0 Å². The Morgan fingerprint density at radius 3 is 2.21 bits per heavy atom. The lowest BCUT2D eigenvalue weighted by atomic mass is 10.1. The van der Waals surface area contributed by atoms with Crippen LogP contribution < -0.4 is 11.1 Å². The molecule has 3 N–H and O–H groups in total. The van der Waals surface area contributed by atoms with Gasteiger partial charge in [0, 0.05) is 17.9 Å². The third-order valence-corrected chi connectivity index (χ3v) is 2.24. The number of nitrogens with two attached hydrogens (primary N) is 1. The highest BCUT2D eigenvalue weighted by molar-refractivity contribution is 5.21. The molecule has 2 heteroatoms. The zero-order valence-electron chi connectivity index (χ0n) is 9.77. The monoisotopic (exact) mass is 196 g/mol. The molecule has 0 spiro atoms. The quantitative estimate of drug-likeness (QED) is 0.614. The zero-order valence-corrected chi connectivity index (χ0v) is 9.77. The Morgan fingerprint density at radius 2 is 1.86 bits per heavy atom. The fourth-order valence-corrected chi connectivity index (χ4v) is 1.34. The van der Waals surface area contributed by atoms with Gasteiger partial charge in [-0.3, -0.25) is 0 Å². The molecule has 0 aromatic rings. The first-order valence-electron chi connectivity index (χ1n) is 5.49. The van der Waals surface area contributed by atoms with Gasteiger partial charge in [-0.25, -0.2) is 0 Å². The lowest BCUT2D eigenvalue weighted by Gasteiger charge is -2.16. The van der Waals surface area contributed by atoms with Crippen molar-refractivity contribution in [3.8, 4) is 0 Å². The van der Waals surface area contributed by atoms with Crippen molar-refractivity contribution in [2.75, 3.05) is 0 Å². The first-order valence-corrected chi connectivity index (χ1v) is 5.49. The van der Waals surface area contributed by atoms with Gasteiger partial charge < -0.3 is 11.1 Å². The topological polar surface area (TPSA) is 38.0 Å². The Morgan fingerprint density at radius 1 is 1.36 bits per heavy atom. The van der Waals surface area contributed by atoms with Crippen molar-refractivity contribution in [2.24, 2.45) is 5.73 Å². The lowest BCUT2D eigenvalue weighted by Crippen LogP contribution is -2.25. The number of nitrogens with one attached hydrogen (secondary N) is 1. The van der Waals surface area contributed by atoms with Gasteiger partial charge in [-0.2, -0.15) is 0 Å². The van der Waals surface area contributed by atoms with Gasteiger partial charge in [0.1, 0.15) is 0 Å². The Hall–Kier alpha value is -0.920. The molecule has 0 unspecified atom stereocenters. The Bertz CT molecular complexity index is 188. The maximum atomic E-state index is 5.76. The predicted octanol–water partition coefficient (Wildman–Crippen LogP) is 2.92. The van der Waals surface area contributed by atoms with Crippen LogP contribution >= 0.6 is 0 Å². The molecule has 0 radical (unpaired) electrons. The van der Waals surface area contributed by atoms with Gasteiger partial charge in [-0.05, 0) is 25.3 Å². The molecule has 0 atom stereocenters. The largest absolute Gasteiger partial charge is 0.397 e. The SMILES string of the molecule is C=C(C)/C(N)=C\NC(CCC)CCC. The second-order valence-corrected chi connectivity index (χ2v) is 3.82. The Balaban J connectivity index is 4.02. The summed E-state index contributed by atoms with van der Waals surface area (Å²) < 4.78 is 0. The molecule has 0 heterocycles. The van der Waals surface area contributed by atoms with Crippen LogP contribution in [0.3, 0.4) is 0 Å². The van der Waals surface area contributed by atoms with Gasteiger partial charge in [0.05, 0.1) is 0 Å². The van der Waals surface area contributed by atoms with E-state index in [2.05, 4.69) is 25.7 Å². The fraction of sp³-hybridized carbons (Fsp3) is 0.667. The zero-order chi connectivity index (χ0) is 11.0. The van der Waals surface area contributed by atoms with Crippen LogP contribution in [0.4, 0.5) is 0 Å². The van der Waals surface area contributed by atoms with E-state index in [0.717, 1.165) is 11.3 Å². The van der Waals surface area contributed by atoms with E-state index in [0.29, 0.717) is 6.04 Å². The van der Waals surface area contributed by atoms with E-state index < -0.39 is 0 Å². The summed E-state index contributed by atoms with van der Waals surface area (Å²) in [7, 11) is 0. The molecular weight excluding hydrogens is 172 g/mol. The summed E-state index contributed by atoms with van der Waals surface area (Å²) in [5, 5.41) is 3.35. The van der Waals surface area contributed by atoms with Crippen LogP contribution in [0.25, 0.3) is 0 Å². The summed E-state index contributed by atoms with van der Waals surface area (Å²) in [6.45, 7) is 10.1. The van der Waals surface area contributed by atoms with Crippen molar-refractivity contribution >= 4 is 0 Å². The smallest absolute Gasteiger partial charge is 0.0497 e. The van der Waals surface area contributed by atoms with Crippen LogP contribution in [0.5, 0.6) is 0 Å². The third-order valence-electron chi connectivity index (χ3n) is 2.24. The summed E-state index contributed by atoms with van der Waals surface area (Å²) in [4.78, 5) is 0. The molecule has 0 fully saturated rings. The standard InChI is InChI=1S/C12H24N2/c1-5-7-11(8-6-2)14-9-12(13)10(3)4/h9,11,14H,3,5-8,13H2,1-2,4H3/b12-9+. The predicted molar refractivity (Wildman–Crippen MR) is 63.8 cm³/mol. The van der Waals surface area contributed by atoms with Gasteiger partial charge in [-0.1, -0.05) is 33.3 Å². The van der Waals surface area contributed by atoms with Crippen molar-refractivity contribution in [1.29, 1.82) is 0 Å². The van der Waals surface area contributed by atoms with Crippen LogP contribution in [-0.2, 0) is 0 Å². The van der Waals surface area contributed by atoms with Crippen LogP contribution in [-0.4, -0.2) is 6.04 Å². The summed E-state index contributed by atoms with van der Waals surface area (Å²) in [5.41, 5.74) is 7.43. The lowest BCUT2D eigenvalue weighted by molar-refractivity contribution is 0.493. The molecule has 0 bridgehead atoms. The van der Waals surface area contributed by atoms with E-state index in [1.54, 1.807) is 0 Å². The van der Waals surface area contributed by atoms with Gasteiger partial charge in [-0.15, -0.1) is 0 Å². The van der Waals surface area contributed by atoms with Crippen LogP contribution in [0, 0.1) is 0 Å². The highest BCUT2D eigenvalue weighted by atomic mass is 14.9. The van der Waals surface area contributed by atoms with E-state index in [1.165, 1.54) is 25.7 Å². The molecule has 0 rings (SSSR count). The number of rotatable bonds is 7. The normalized spacial score (nSPS) is 11.9. The van der Waals surface area contributed by atoms with Gasteiger partial charge in [0.2, 0.25) is 0 Å². The second-order valence-electron chi connectivity index (χ2n) is 3.82. The molecule has 0 saturated heterocycles. The van der Waals surface area contributed by atoms with E-state index in [1.807, 2.05) is 13.1 Å². The van der Waals surface area contributed by atoms with Crippen molar-refractivity contribution in [2.45, 2.75) is 52.5 Å². The molecule has 0 aliphatic heterocycles. The third kappa shape index (κ3) is 5.68. The fourth-order valence-electron chi connectivity index (χ4n) is 1.34. The van der Waals surface area contributed by atoms with Crippen LogP contribution in [0.2, 0.25) is 0 Å². The number of allylic oxidation sites excluding steroid dienone is 1. The second kappa shape index (κ2) is 7.48. The molecule has 0 aliphatic carbocycles. The number of hydrogen-bond donors (Lipinski definition) is 2. The van der Waals surface area contributed by atoms with Crippen molar-refractivity contribution < 1.29 is 0 Å². The highest BCUT2D eigenvalue weighted by Crippen LogP contribution is 2.05. The van der Waals surface area contributed by atoms with Gasteiger partial charge >= 0.3 is 0 Å². The first kappa shape index (κ1) is 13.1. The minimum atomic E-state index is 0.558. The highest BCUT2D eigenvalue weighted by Gasteiger charge is 2.03. The summed E-state index contributed by atoms with van der Waals surface area (Å²) in [5.74, 6) is 0. The van der Waals surface area contributed by atoms with E-state index in [9.17, 15) is 0 Å². The minimum Gasteiger partial charge on any atom is -0.397 e. The molecular formula is C12H24N2. The summed E-state index contributed by atoms with van der Waals surface area (Å²) in [6.07, 6.45) is 6.71. The van der Waals surface area contributed by atoms with E-state index in [4.69, 9.17) is 5.73 Å². The molecule has 0 amide bonds. The number of hydrogen-bond acceptors (Lipinski definition) is 2. The molecule has 0 aliphatic rings. The van der Waals surface area contributed by atoms with Crippen LogP contribution in [0.1, 0.15) is 46.5 Å². The maximum Gasteiger partial charge on any atom is 0.0497 e. The molecule has 0 aromatic heterocycles. The molecule has 82 valence electrons. The molecule has 14 heavy (non-hydrogen) atoms. The molecule has 0 saturated carbocycles. The van der Waals surface area contributed by atoms with E-state index >= 15 is 0 Å².